The highest BCUT2D eigenvalue weighted by Gasteiger charge is 2.10. The number of benzene rings is 2. The Hall–Kier alpha value is -2.11. The van der Waals surface area contributed by atoms with E-state index in [1.807, 2.05) is 24.3 Å². The quantitative estimate of drug-likeness (QED) is 0.797. The Labute approximate surface area is 114 Å². The second-order valence-electron chi connectivity index (χ2n) is 4.53. The van der Waals surface area contributed by atoms with Crippen molar-refractivity contribution in [3.05, 3.63) is 71.8 Å². The number of nitrogens with zero attached hydrogens (tertiary/aromatic N) is 1. The van der Waals surface area contributed by atoms with Gasteiger partial charge in [-0.05, 0) is 24.0 Å². The minimum Gasteiger partial charge on any atom is -0.298 e. The lowest BCUT2D eigenvalue weighted by Crippen LogP contribution is -2.22. The van der Waals surface area contributed by atoms with Crippen molar-refractivity contribution in [3.8, 4) is 6.07 Å². The number of aryl methyl sites for hydroxylation is 1. The maximum atomic E-state index is 8.73. The zero-order chi connectivity index (χ0) is 13.3. The van der Waals surface area contributed by atoms with E-state index in [1.54, 1.807) is 0 Å². The zero-order valence-electron chi connectivity index (χ0n) is 10.9. The van der Waals surface area contributed by atoms with E-state index in [9.17, 15) is 0 Å². The number of rotatable bonds is 6. The van der Waals surface area contributed by atoms with Gasteiger partial charge in [0, 0.05) is 6.04 Å². The lowest BCUT2D eigenvalue weighted by Gasteiger charge is -2.17. The standard InChI is InChI=1S/C17H18N2/c18-13-14-19-17(16-9-5-2-6-10-16)12-11-15-7-3-1-4-8-15/h1-10,17,19H,11-12,14H2. The molecule has 0 aliphatic rings. The minimum atomic E-state index is 0.237. The average molecular weight is 250 g/mol. The molecule has 2 aromatic carbocycles. The van der Waals surface area contributed by atoms with Crippen LogP contribution in [-0.4, -0.2) is 6.54 Å². The van der Waals surface area contributed by atoms with Crippen LogP contribution in [0.2, 0.25) is 0 Å². The van der Waals surface area contributed by atoms with Gasteiger partial charge in [0.15, 0.2) is 0 Å². The van der Waals surface area contributed by atoms with Crippen molar-refractivity contribution >= 4 is 0 Å². The van der Waals surface area contributed by atoms with E-state index in [0.29, 0.717) is 6.54 Å². The molecule has 1 unspecified atom stereocenters. The average Bonchev–Trinajstić information content (AvgIpc) is 2.49. The first kappa shape index (κ1) is 13.3. The van der Waals surface area contributed by atoms with Gasteiger partial charge in [-0.15, -0.1) is 0 Å². The highest BCUT2D eigenvalue weighted by atomic mass is 14.9. The molecule has 1 N–H and O–H groups in total. The minimum absolute atomic E-state index is 0.237. The second kappa shape index (κ2) is 7.35. The smallest absolute Gasteiger partial charge is 0.0845 e. The van der Waals surface area contributed by atoms with Crippen LogP contribution < -0.4 is 5.32 Å². The van der Waals surface area contributed by atoms with Crippen LogP contribution in [-0.2, 0) is 6.42 Å². The predicted octanol–water partition coefficient (Wildman–Crippen LogP) is 3.47. The van der Waals surface area contributed by atoms with Crippen LogP contribution in [0.3, 0.4) is 0 Å². The Bertz CT molecular complexity index is 514. The molecular weight excluding hydrogens is 232 g/mol. The third-order valence-electron chi connectivity index (χ3n) is 3.19. The molecule has 0 aliphatic carbocycles. The first-order chi connectivity index (χ1) is 9.40. The molecule has 1 atom stereocenters. The maximum Gasteiger partial charge on any atom is 0.0845 e. The van der Waals surface area contributed by atoms with Crippen LogP contribution in [0.5, 0.6) is 0 Å². The Morgan fingerprint density at radius 3 is 2.21 bits per heavy atom. The predicted molar refractivity (Wildman–Crippen MR) is 77.6 cm³/mol. The first-order valence-corrected chi connectivity index (χ1v) is 6.59. The number of hydrogen-bond acceptors (Lipinski definition) is 2. The molecule has 2 rings (SSSR count). The van der Waals surface area contributed by atoms with Crippen molar-refractivity contribution in [3.63, 3.8) is 0 Å². The van der Waals surface area contributed by atoms with Gasteiger partial charge in [-0.1, -0.05) is 60.7 Å². The van der Waals surface area contributed by atoms with Gasteiger partial charge < -0.3 is 0 Å². The molecule has 2 nitrogen and oxygen atoms in total. The van der Waals surface area contributed by atoms with Crippen molar-refractivity contribution < 1.29 is 0 Å². The molecule has 0 aromatic heterocycles. The van der Waals surface area contributed by atoms with Crippen LogP contribution >= 0.6 is 0 Å². The molecular formula is C17H18N2. The molecule has 0 bridgehead atoms. The summed E-state index contributed by atoms with van der Waals surface area (Å²) in [4.78, 5) is 0. The van der Waals surface area contributed by atoms with Crippen LogP contribution in [0.15, 0.2) is 60.7 Å². The topological polar surface area (TPSA) is 35.8 Å². The number of nitrogens with one attached hydrogen (secondary N) is 1. The molecule has 2 heteroatoms. The summed E-state index contributed by atoms with van der Waals surface area (Å²) in [7, 11) is 0. The van der Waals surface area contributed by atoms with Crippen LogP contribution in [0.25, 0.3) is 0 Å². The van der Waals surface area contributed by atoms with Gasteiger partial charge in [0.05, 0.1) is 12.6 Å². The SMILES string of the molecule is N#CCNC(CCc1ccccc1)c1ccccc1. The largest absolute Gasteiger partial charge is 0.298 e. The van der Waals surface area contributed by atoms with Gasteiger partial charge >= 0.3 is 0 Å². The van der Waals surface area contributed by atoms with Crippen LogP contribution in [0.1, 0.15) is 23.6 Å². The highest BCUT2D eigenvalue weighted by molar-refractivity contribution is 5.20. The summed E-state index contributed by atoms with van der Waals surface area (Å²) in [5.41, 5.74) is 2.58. The molecule has 0 fully saturated rings. The number of nitriles is 1. The van der Waals surface area contributed by atoms with E-state index in [4.69, 9.17) is 5.26 Å². The third-order valence-corrected chi connectivity index (χ3v) is 3.19. The molecule has 0 saturated carbocycles. The van der Waals surface area contributed by atoms with Gasteiger partial charge in [0.25, 0.3) is 0 Å². The fourth-order valence-electron chi connectivity index (χ4n) is 2.20. The number of hydrogen-bond donors (Lipinski definition) is 1. The van der Waals surface area contributed by atoms with Crippen molar-refractivity contribution in [2.75, 3.05) is 6.54 Å². The van der Waals surface area contributed by atoms with E-state index in [0.717, 1.165) is 12.8 Å². The molecule has 96 valence electrons. The van der Waals surface area contributed by atoms with Crippen molar-refractivity contribution in [2.24, 2.45) is 0 Å². The lowest BCUT2D eigenvalue weighted by molar-refractivity contribution is 0.530. The monoisotopic (exact) mass is 250 g/mol. The van der Waals surface area contributed by atoms with Crippen LogP contribution in [0, 0.1) is 11.3 Å². The summed E-state index contributed by atoms with van der Waals surface area (Å²) in [6, 6.07) is 23.2. The first-order valence-electron chi connectivity index (χ1n) is 6.59. The Kier molecular flexibility index (Phi) is 5.16. The summed E-state index contributed by atoms with van der Waals surface area (Å²) in [6.07, 6.45) is 2.01. The Morgan fingerprint density at radius 1 is 0.947 bits per heavy atom. The van der Waals surface area contributed by atoms with Crippen LogP contribution in [0.4, 0.5) is 0 Å². The summed E-state index contributed by atoms with van der Waals surface area (Å²) >= 11 is 0. The summed E-state index contributed by atoms with van der Waals surface area (Å²) in [6.45, 7) is 0.383. The van der Waals surface area contributed by atoms with Gasteiger partial charge in [0.2, 0.25) is 0 Å². The molecule has 2 aromatic rings. The highest BCUT2D eigenvalue weighted by Crippen LogP contribution is 2.18. The van der Waals surface area contributed by atoms with Crippen molar-refractivity contribution in [1.29, 1.82) is 5.26 Å². The molecule has 0 aliphatic heterocycles. The zero-order valence-corrected chi connectivity index (χ0v) is 10.9. The molecule has 0 saturated heterocycles. The van der Waals surface area contributed by atoms with Crippen molar-refractivity contribution in [2.45, 2.75) is 18.9 Å². The summed E-state index contributed by atoms with van der Waals surface area (Å²) in [5, 5.41) is 12.0. The third kappa shape index (κ3) is 4.24. The van der Waals surface area contributed by atoms with E-state index in [1.165, 1.54) is 11.1 Å². The Morgan fingerprint density at radius 2 is 1.58 bits per heavy atom. The fraction of sp³-hybridized carbons (Fsp3) is 0.235. The lowest BCUT2D eigenvalue weighted by atomic mass is 9.99. The van der Waals surface area contributed by atoms with Gasteiger partial charge in [-0.2, -0.15) is 5.26 Å². The van der Waals surface area contributed by atoms with E-state index in [2.05, 4.69) is 47.8 Å². The summed E-state index contributed by atoms with van der Waals surface area (Å²) < 4.78 is 0. The van der Waals surface area contributed by atoms with Gasteiger partial charge in [-0.3, -0.25) is 5.32 Å². The molecule has 19 heavy (non-hydrogen) atoms. The van der Waals surface area contributed by atoms with E-state index >= 15 is 0 Å². The maximum absolute atomic E-state index is 8.73. The second-order valence-corrected chi connectivity index (χ2v) is 4.53. The van der Waals surface area contributed by atoms with Crippen molar-refractivity contribution in [1.82, 2.24) is 5.32 Å². The van der Waals surface area contributed by atoms with E-state index in [-0.39, 0.29) is 6.04 Å². The fourth-order valence-corrected chi connectivity index (χ4v) is 2.20. The molecule has 0 spiro atoms. The van der Waals surface area contributed by atoms with E-state index < -0.39 is 0 Å². The Balaban J connectivity index is 2.00. The van der Waals surface area contributed by atoms with Gasteiger partial charge in [-0.25, -0.2) is 0 Å². The molecule has 0 heterocycles. The molecule has 0 radical (unpaired) electrons. The summed E-state index contributed by atoms with van der Waals surface area (Å²) in [5.74, 6) is 0. The van der Waals surface area contributed by atoms with Gasteiger partial charge in [0.1, 0.15) is 0 Å². The molecule has 0 amide bonds. The normalized spacial score (nSPS) is 11.7.